The summed E-state index contributed by atoms with van der Waals surface area (Å²) < 4.78 is 37.0. The first-order chi connectivity index (χ1) is 30.2. The number of carbonyl (C=O) groups excluding carboxylic acids is 2. The molecule has 62 heavy (non-hydrogen) atoms. The summed E-state index contributed by atoms with van der Waals surface area (Å²) in [5.41, 5.74) is 7.58. The smallest absolute Gasteiger partial charge is 0.319 e. The number of aromatic amines is 1. The summed E-state index contributed by atoms with van der Waals surface area (Å²) in [4.78, 5) is 37.1. The lowest BCUT2D eigenvalue weighted by molar-refractivity contribution is -0.111. The van der Waals surface area contributed by atoms with Crippen molar-refractivity contribution in [3.63, 3.8) is 0 Å². The molecule has 4 aliphatic rings. The van der Waals surface area contributed by atoms with Gasteiger partial charge in [0.05, 0.1) is 24.9 Å². The number of benzene rings is 3. The highest BCUT2D eigenvalue weighted by atomic mass is 19.1. The number of nitrogens with one attached hydrogen (secondary N) is 3. The number of rotatable bonds is 14. The largest absolute Gasteiger partial charge is 0.486 e. The third-order valence-corrected chi connectivity index (χ3v) is 13.1. The first-order valence-electron chi connectivity index (χ1n) is 21.9. The standard InChI is InChI=1S/C47H52FN9O5/c1-26(2)40(23-59)57-21-35(39(22-58)55-57)31-8-5-28(17-37(31)49-4)24-61-44-42(41-27(3)36(48)19-38-34(41)20-51-54-38)32(29-6-7-29)18-33-43(44)52-46(62-30-9-15-60-16-10-30)53-45(33)56-14-13-50-47(25-56)11-12-47/h5,8,17-23,26,29-30,40,49-50H,6-7,9-16,24-25H2,1-4H3,(H,51,54). The van der Waals surface area contributed by atoms with Crippen LogP contribution >= 0.6 is 0 Å². The Balaban J connectivity index is 1.14. The Hall–Kier alpha value is -5.93. The quantitative estimate of drug-likeness (QED) is 0.0919. The number of halogens is 1. The van der Waals surface area contributed by atoms with E-state index in [0.717, 1.165) is 121 Å². The molecule has 15 heteroatoms. The Bertz CT molecular complexity index is 2700. The molecule has 0 radical (unpaired) electrons. The molecule has 2 saturated carbocycles. The van der Waals surface area contributed by atoms with E-state index >= 15 is 4.39 Å². The fraction of sp³-hybridized carbons (Fsp3) is 0.447. The maximum atomic E-state index is 16.0. The zero-order chi connectivity index (χ0) is 42.7. The van der Waals surface area contributed by atoms with Crippen molar-refractivity contribution in [2.45, 2.75) is 89.5 Å². The molecule has 3 aromatic carbocycles. The zero-order valence-corrected chi connectivity index (χ0v) is 35.6. The normalized spacial score (nSPS) is 18.1. The molecule has 1 spiro atoms. The van der Waals surface area contributed by atoms with Gasteiger partial charge in [-0.25, -0.2) is 4.39 Å². The van der Waals surface area contributed by atoms with Crippen LogP contribution in [0.4, 0.5) is 15.9 Å². The Morgan fingerprint density at radius 2 is 1.87 bits per heavy atom. The van der Waals surface area contributed by atoms with Crippen LogP contribution in [0.25, 0.3) is 44.1 Å². The second-order valence-electron chi connectivity index (χ2n) is 17.7. The number of nitrogens with zero attached hydrogens (tertiary/aromatic N) is 6. The van der Waals surface area contributed by atoms with Crippen molar-refractivity contribution in [2.75, 3.05) is 50.1 Å². The number of aldehydes is 2. The summed E-state index contributed by atoms with van der Waals surface area (Å²) in [6, 6.07) is 9.39. The van der Waals surface area contributed by atoms with Crippen molar-refractivity contribution in [1.82, 2.24) is 35.3 Å². The van der Waals surface area contributed by atoms with Gasteiger partial charge in [0, 0.05) is 90.0 Å². The SMILES string of the molecule is CNc1cc(COc2c(-c3c(C)c(F)cc4[nH]ncc34)c(C3CC3)cc3c(N4CCNC5(CC5)C4)nc(OC4CCOCC4)nc23)ccc1-c1cn(C(C=O)C(C)C)nc1C=O. The third-order valence-electron chi connectivity index (χ3n) is 13.1. The lowest BCUT2D eigenvalue weighted by Gasteiger charge is -2.36. The highest BCUT2D eigenvalue weighted by Gasteiger charge is 2.46. The number of hydrogen-bond acceptors (Lipinski definition) is 12. The highest BCUT2D eigenvalue weighted by Crippen LogP contribution is 2.53. The number of aromatic nitrogens is 6. The van der Waals surface area contributed by atoms with Crippen LogP contribution < -0.4 is 25.0 Å². The van der Waals surface area contributed by atoms with E-state index in [1.54, 1.807) is 17.1 Å². The van der Waals surface area contributed by atoms with E-state index in [4.69, 9.17) is 24.2 Å². The first kappa shape index (κ1) is 40.2. The molecule has 322 valence electrons. The van der Waals surface area contributed by atoms with Crippen molar-refractivity contribution in [2.24, 2.45) is 5.92 Å². The van der Waals surface area contributed by atoms with E-state index in [1.165, 1.54) is 6.07 Å². The second kappa shape index (κ2) is 16.1. The van der Waals surface area contributed by atoms with Gasteiger partial charge in [-0.1, -0.05) is 26.0 Å². The number of carbonyl (C=O) groups is 2. The lowest BCUT2D eigenvalue weighted by Crippen LogP contribution is -2.52. The fourth-order valence-corrected chi connectivity index (χ4v) is 9.34. The Kier molecular flexibility index (Phi) is 10.4. The summed E-state index contributed by atoms with van der Waals surface area (Å²) in [6.07, 6.45) is 10.7. The van der Waals surface area contributed by atoms with Crippen LogP contribution in [0.5, 0.6) is 11.8 Å². The molecule has 2 aliphatic heterocycles. The molecule has 5 heterocycles. The van der Waals surface area contributed by atoms with Crippen LogP contribution in [0.1, 0.15) is 91.5 Å². The van der Waals surface area contributed by atoms with Crippen LogP contribution in [0.2, 0.25) is 0 Å². The summed E-state index contributed by atoms with van der Waals surface area (Å²) in [5, 5.41) is 20.6. The zero-order valence-electron chi connectivity index (χ0n) is 35.6. The number of piperazine rings is 1. The van der Waals surface area contributed by atoms with Gasteiger partial charge in [-0.15, -0.1) is 0 Å². The van der Waals surface area contributed by atoms with Crippen LogP contribution in [0.15, 0.2) is 42.7 Å². The minimum absolute atomic E-state index is 0.0132. The second-order valence-corrected chi connectivity index (χ2v) is 17.7. The fourth-order valence-electron chi connectivity index (χ4n) is 9.34. The van der Waals surface area contributed by atoms with Crippen LogP contribution in [0, 0.1) is 18.7 Å². The molecule has 2 aliphatic carbocycles. The monoisotopic (exact) mass is 841 g/mol. The molecule has 10 rings (SSSR count). The van der Waals surface area contributed by atoms with E-state index in [0.29, 0.717) is 41.1 Å². The van der Waals surface area contributed by atoms with E-state index in [9.17, 15) is 9.59 Å². The van der Waals surface area contributed by atoms with Gasteiger partial charge in [0.2, 0.25) is 0 Å². The third kappa shape index (κ3) is 7.34. The number of anilines is 2. The predicted molar refractivity (Wildman–Crippen MR) is 235 cm³/mol. The van der Waals surface area contributed by atoms with Crippen molar-refractivity contribution in [1.29, 1.82) is 0 Å². The topological polar surface area (TPSA) is 161 Å². The van der Waals surface area contributed by atoms with E-state index in [1.807, 2.05) is 46.0 Å². The minimum atomic E-state index is -0.512. The van der Waals surface area contributed by atoms with Gasteiger partial charge in [-0.2, -0.15) is 20.2 Å². The maximum absolute atomic E-state index is 16.0. The molecule has 1 atom stereocenters. The van der Waals surface area contributed by atoms with Crippen molar-refractivity contribution >= 4 is 45.9 Å². The molecule has 0 amide bonds. The van der Waals surface area contributed by atoms with E-state index in [2.05, 4.69) is 36.9 Å². The Morgan fingerprint density at radius 1 is 1.05 bits per heavy atom. The summed E-state index contributed by atoms with van der Waals surface area (Å²) in [7, 11) is 1.82. The number of fused-ring (bicyclic) bond motifs is 2. The van der Waals surface area contributed by atoms with E-state index < -0.39 is 6.04 Å². The molecule has 0 bridgehead atoms. The van der Waals surface area contributed by atoms with Gasteiger partial charge in [0.25, 0.3) is 0 Å². The number of hydrogen-bond donors (Lipinski definition) is 3. The van der Waals surface area contributed by atoms with Gasteiger partial charge >= 0.3 is 6.01 Å². The average molecular weight is 842 g/mol. The van der Waals surface area contributed by atoms with Gasteiger partial charge < -0.3 is 34.5 Å². The van der Waals surface area contributed by atoms with E-state index in [-0.39, 0.29) is 47.6 Å². The lowest BCUT2D eigenvalue weighted by atomic mass is 9.88. The first-order valence-corrected chi connectivity index (χ1v) is 21.9. The van der Waals surface area contributed by atoms with Gasteiger partial charge in [0.15, 0.2) is 12.0 Å². The Labute approximate surface area is 358 Å². The summed E-state index contributed by atoms with van der Waals surface area (Å²) in [5.74, 6) is 1.23. The highest BCUT2D eigenvalue weighted by molar-refractivity contribution is 6.06. The van der Waals surface area contributed by atoms with Crippen molar-refractivity contribution in [3.05, 3.63) is 70.9 Å². The molecule has 1 unspecified atom stereocenters. The van der Waals surface area contributed by atoms with Crippen molar-refractivity contribution in [3.8, 4) is 34.0 Å². The molecule has 2 saturated heterocycles. The molecular weight excluding hydrogens is 790 g/mol. The van der Waals surface area contributed by atoms with Gasteiger partial charge in [-0.3, -0.25) is 14.6 Å². The van der Waals surface area contributed by atoms with Crippen LogP contribution in [0.3, 0.4) is 0 Å². The molecule has 6 aromatic rings. The Morgan fingerprint density at radius 3 is 2.60 bits per heavy atom. The molecule has 3 aromatic heterocycles. The van der Waals surface area contributed by atoms with Crippen LogP contribution in [-0.2, 0) is 16.1 Å². The van der Waals surface area contributed by atoms with Crippen molar-refractivity contribution < 1.29 is 28.2 Å². The molecule has 4 fully saturated rings. The van der Waals surface area contributed by atoms with Gasteiger partial charge in [0.1, 0.15) is 47.9 Å². The number of ether oxygens (including phenoxy) is 3. The molecular formula is C47H52FN9O5. The predicted octanol–water partition coefficient (Wildman–Crippen LogP) is 7.69. The summed E-state index contributed by atoms with van der Waals surface area (Å²) >= 11 is 0. The average Bonchev–Trinajstić information content (AvgIpc) is 4.18. The molecule has 14 nitrogen and oxygen atoms in total. The molecule has 3 N–H and O–H groups in total. The van der Waals surface area contributed by atoms with Gasteiger partial charge in [-0.05, 0) is 79.3 Å². The van der Waals surface area contributed by atoms with Crippen LogP contribution in [-0.4, -0.2) is 94.1 Å². The minimum Gasteiger partial charge on any atom is -0.486 e. The summed E-state index contributed by atoms with van der Waals surface area (Å²) in [6.45, 7) is 9.49. The maximum Gasteiger partial charge on any atom is 0.319 e. The number of H-pyrrole nitrogens is 1.